The summed E-state index contributed by atoms with van der Waals surface area (Å²) in [6.45, 7) is 18.9. The van der Waals surface area contributed by atoms with Gasteiger partial charge < -0.3 is 30.5 Å². The van der Waals surface area contributed by atoms with Gasteiger partial charge in [0.05, 0.1) is 25.9 Å². The van der Waals surface area contributed by atoms with Gasteiger partial charge >= 0.3 is 0 Å². The van der Waals surface area contributed by atoms with Crippen LogP contribution in [0.15, 0.2) is 37.5 Å². The van der Waals surface area contributed by atoms with Crippen LogP contribution in [-0.4, -0.2) is 79.6 Å². The summed E-state index contributed by atoms with van der Waals surface area (Å²) in [7, 11) is 1.56. The fourth-order valence-corrected chi connectivity index (χ4v) is 4.96. The van der Waals surface area contributed by atoms with Crippen molar-refractivity contribution >= 4 is 35.6 Å². The lowest BCUT2D eigenvalue weighted by molar-refractivity contribution is -0.124. The number of carbonyl (C=O) groups excluding carboxylic acids is 3. The number of unbranched alkanes of at least 4 members (excludes halogenated alkanes) is 6. The number of allylic oxidation sites excluding steroid dienone is 1. The first-order chi connectivity index (χ1) is 23.7. The van der Waals surface area contributed by atoms with Crippen LogP contribution in [0.4, 0.5) is 17.8 Å². The predicted octanol–water partition coefficient (Wildman–Crippen LogP) is 5.28. The monoisotopic (exact) mass is 686 g/mol. The van der Waals surface area contributed by atoms with Crippen LogP contribution in [0.25, 0.3) is 0 Å². The summed E-state index contributed by atoms with van der Waals surface area (Å²) in [6.07, 6.45) is 17.8. The molecule has 1 aromatic heterocycles. The van der Waals surface area contributed by atoms with E-state index in [1.54, 1.807) is 21.8 Å². The van der Waals surface area contributed by atoms with E-state index in [9.17, 15) is 14.4 Å². The molecule has 0 saturated carbocycles. The Kier molecular flexibility index (Phi) is 22.8. The largest absolute Gasteiger partial charge is 0.364 e. The number of carbonyl (C=O) groups is 3. The van der Waals surface area contributed by atoms with E-state index in [4.69, 9.17) is 14.7 Å². The molecule has 0 aliphatic heterocycles. The molecule has 1 heterocycles. The molecule has 0 bridgehead atoms. The minimum absolute atomic E-state index is 0.0637. The van der Waals surface area contributed by atoms with Gasteiger partial charge in [0.25, 0.3) is 0 Å². The molecule has 3 amide bonds. The molecule has 2 unspecified atom stereocenters. The maximum absolute atomic E-state index is 13.7. The van der Waals surface area contributed by atoms with Crippen LogP contribution in [0.2, 0.25) is 0 Å². The molecule has 0 radical (unpaired) electrons. The maximum atomic E-state index is 13.7. The Morgan fingerprint density at radius 2 is 1.16 bits per heavy atom. The van der Waals surface area contributed by atoms with Crippen LogP contribution in [-0.2, 0) is 19.1 Å². The van der Waals surface area contributed by atoms with Gasteiger partial charge in [0.1, 0.15) is 6.73 Å². The minimum atomic E-state index is -0.330. The van der Waals surface area contributed by atoms with E-state index in [-0.39, 0.29) is 56.3 Å². The van der Waals surface area contributed by atoms with Gasteiger partial charge in [0.2, 0.25) is 35.6 Å². The number of methoxy groups -OCH3 is 1. The van der Waals surface area contributed by atoms with Gasteiger partial charge in [-0.25, -0.2) is 0 Å². The highest BCUT2D eigenvalue weighted by Crippen LogP contribution is 2.20. The number of nitrogens with zero attached hydrogens (tertiary/aromatic N) is 6. The van der Waals surface area contributed by atoms with Crippen LogP contribution in [0.1, 0.15) is 98.8 Å². The molecule has 0 spiro atoms. The first-order valence-corrected chi connectivity index (χ1v) is 17.9. The first kappa shape index (κ1) is 43.0. The van der Waals surface area contributed by atoms with Crippen molar-refractivity contribution in [2.45, 2.75) is 98.8 Å². The molecule has 276 valence electrons. The van der Waals surface area contributed by atoms with Crippen LogP contribution in [0, 0.1) is 11.8 Å². The summed E-state index contributed by atoms with van der Waals surface area (Å²) in [4.78, 5) is 56.9. The van der Waals surface area contributed by atoms with Crippen molar-refractivity contribution in [2.75, 3.05) is 61.6 Å². The van der Waals surface area contributed by atoms with Gasteiger partial charge in [-0.1, -0.05) is 97.4 Å². The fraction of sp³-hybridized carbons (Fsp3) is 0.667. The zero-order valence-corrected chi connectivity index (χ0v) is 31.0. The zero-order chi connectivity index (χ0) is 36.4. The number of aromatic nitrogens is 3. The fourth-order valence-electron chi connectivity index (χ4n) is 4.96. The predicted molar refractivity (Wildman–Crippen MR) is 199 cm³/mol. The molecule has 1 aromatic rings. The van der Waals surface area contributed by atoms with E-state index in [0.29, 0.717) is 30.9 Å². The van der Waals surface area contributed by atoms with Crippen molar-refractivity contribution in [2.24, 2.45) is 11.8 Å². The van der Waals surface area contributed by atoms with Gasteiger partial charge in [-0.3, -0.25) is 19.3 Å². The number of anilines is 3. The Hall–Kier alpha value is -4.00. The molecule has 0 aliphatic rings. The van der Waals surface area contributed by atoms with E-state index < -0.39 is 0 Å². The Bertz CT molecular complexity index is 1110. The standard InChI is InChI=1S/C36H63N9O4/c1-9-15-17-19-21-29(7)23-24-30(22-20-18-16-10-2)33(48)39-27-45(28-49-8)36-41-34(43(13-5)25-37-31(46)11-3)40-35(42-36)44(14-6)26-38-32(47)12-4/h11-12,23-24,29-30H,3-4,9-10,13-22,25-28H2,1-2,5-8H3,(H,37,46)(H,38,47)(H,39,48). The number of hydrogen-bond donors (Lipinski definition) is 3. The van der Waals surface area contributed by atoms with Crippen molar-refractivity contribution in [3.05, 3.63) is 37.5 Å². The molecule has 13 nitrogen and oxygen atoms in total. The molecule has 0 aliphatic carbocycles. The third-order valence-electron chi connectivity index (χ3n) is 8.09. The molecule has 3 N–H and O–H groups in total. The Morgan fingerprint density at radius 3 is 1.61 bits per heavy atom. The molecule has 0 aromatic carbocycles. The van der Waals surface area contributed by atoms with Crippen molar-refractivity contribution in [1.29, 1.82) is 0 Å². The Balaban J connectivity index is 3.35. The quantitative estimate of drug-likeness (QED) is 0.0461. The summed E-state index contributed by atoms with van der Waals surface area (Å²) >= 11 is 0. The minimum Gasteiger partial charge on any atom is -0.364 e. The number of ether oxygens (including phenoxy) is 1. The summed E-state index contributed by atoms with van der Waals surface area (Å²) < 4.78 is 5.51. The molecule has 0 fully saturated rings. The van der Waals surface area contributed by atoms with Crippen molar-refractivity contribution in [3.63, 3.8) is 0 Å². The van der Waals surface area contributed by atoms with Crippen molar-refractivity contribution < 1.29 is 19.1 Å². The third-order valence-corrected chi connectivity index (χ3v) is 8.09. The summed E-state index contributed by atoms with van der Waals surface area (Å²) in [6, 6.07) is 0. The number of hydrogen-bond acceptors (Lipinski definition) is 10. The highest BCUT2D eigenvalue weighted by atomic mass is 16.5. The van der Waals surface area contributed by atoms with Crippen LogP contribution in [0.3, 0.4) is 0 Å². The van der Waals surface area contributed by atoms with Crippen LogP contribution >= 0.6 is 0 Å². The number of rotatable bonds is 28. The Morgan fingerprint density at radius 1 is 0.694 bits per heavy atom. The molecule has 13 heteroatoms. The lowest BCUT2D eigenvalue weighted by Crippen LogP contribution is -2.43. The van der Waals surface area contributed by atoms with E-state index in [0.717, 1.165) is 38.5 Å². The number of nitrogens with one attached hydrogen (secondary N) is 3. The van der Waals surface area contributed by atoms with Crippen molar-refractivity contribution in [3.8, 4) is 0 Å². The second-order valence-corrected chi connectivity index (χ2v) is 12.1. The van der Waals surface area contributed by atoms with E-state index in [1.165, 1.54) is 37.8 Å². The molecule has 1 rings (SSSR count). The molecular formula is C36H63N9O4. The third kappa shape index (κ3) is 17.3. The second-order valence-electron chi connectivity index (χ2n) is 12.1. The molecule has 49 heavy (non-hydrogen) atoms. The lowest BCUT2D eigenvalue weighted by atomic mass is 9.95. The SMILES string of the molecule is C=CC(=O)NCN(CC)c1nc(N(CC)CNC(=O)C=C)nc(N(CNC(=O)C(C=CC(C)CCCCCC)CCCCCC)COC)n1. The average Bonchev–Trinajstić information content (AvgIpc) is 3.11. The summed E-state index contributed by atoms with van der Waals surface area (Å²) in [5, 5.41) is 8.63. The van der Waals surface area contributed by atoms with Crippen molar-refractivity contribution in [1.82, 2.24) is 30.9 Å². The van der Waals surface area contributed by atoms with Gasteiger partial charge in [-0.05, 0) is 44.8 Å². The van der Waals surface area contributed by atoms with E-state index >= 15 is 0 Å². The van der Waals surface area contributed by atoms with Gasteiger partial charge in [-0.15, -0.1) is 0 Å². The van der Waals surface area contributed by atoms with Gasteiger partial charge in [0, 0.05) is 20.2 Å². The Labute approximate surface area is 295 Å². The topological polar surface area (TPSA) is 145 Å². The lowest BCUT2D eigenvalue weighted by Gasteiger charge is -2.28. The molecule has 2 atom stereocenters. The highest BCUT2D eigenvalue weighted by molar-refractivity contribution is 5.87. The van der Waals surface area contributed by atoms with Crippen LogP contribution in [0.5, 0.6) is 0 Å². The smallest absolute Gasteiger partial charge is 0.244 e. The molecular weight excluding hydrogens is 622 g/mol. The van der Waals surface area contributed by atoms with E-state index in [1.807, 2.05) is 13.8 Å². The maximum Gasteiger partial charge on any atom is 0.244 e. The highest BCUT2D eigenvalue weighted by Gasteiger charge is 2.22. The molecule has 0 saturated heterocycles. The first-order valence-electron chi connectivity index (χ1n) is 17.9. The summed E-state index contributed by atoms with van der Waals surface area (Å²) in [5.41, 5.74) is 0. The number of amides is 3. The zero-order valence-electron chi connectivity index (χ0n) is 31.0. The normalized spacial score (nSPS) is 12.2. The van der Waals surface area contributed by atoms with Gasteiger partial charge in [0.15, 0.2) is 0 Å². The summed E-state index contributed by atoms with van der Waals surface area (Å²) in [5.74, 6) is 0.301. The second kappa shape index (κ2) is 25.9. The average molecular weight is 686 g/mol. The van der Waals surface area contributed by atoms with E-state index in [2.05, 4.69) is 67.0 Å². The van der Waals surface area contributed by atoms with Gasteiger partial charge in [-0.2, -0.15) is 15.0 Å². The van der Waals surface area contributed by atoms with Crippen LogP contribution < -0.4 is 30.7 Å².